The van der Waals surface area contributed by atoms with Gasteiger partial charge in [-0.25, -0.2) is 4.98 Å². The van der Waals surface area contributed by atoms with Gasteiger partial charge >= 0.3 is 0 Å². The van der Waals surface area contributed by atoms with Gasteiger partial charge < -0.3 is 9.67 Å². The molecule has 0 aliphatic carbocycles. The summed E-state index contributed by atoms with van der Waals surface area (Å²) in [5.41, 5.74) is 0.764. The molecule has 0 aromatic carbocycles. The van der Waals surface area contributed by atoms with E-state index >= 15 is 0 Å². The molecule has 0 atom stereocenters. The molecule has 0 unspecified atom stereocenters. The monoisotopic (exact) mass is 216 g/mol. The van der Waals surface area contributed by atoms with Gasteiger partial charge in [0.2, 0.25) is 0 Å². The van der Waals surface area contributed by atoms with Crippen LogP contribution < -0.4 is 0 Å². The van der Waals surface area contributed by atoms with Crippen LogP contribution in [0.3, 0.4) is 0 Å². The van der Waals surface area contributed by atoms with Crippen LogP contribution in [0.4, 0.5) is 0 Å². The number of imidazole rings is 1. The van der Waals surface area contributed by atoms with E-state index < -0.39 is 0 Å². The minimum absolute atomic E-state index is 0.0284. The zero-order valence-electron chi connectivity index (χ0n) is 6.05. The van der Waals surface area contributed by atoms with Crippen molar-refractivity contribution in [2.45, 2.75) is 26.0 Å². The summed E-state index contributed by atoms with van der Waals surface area (Å²) in [6, 6.07) is 0. The summed E-state index contributed by atoms with van der Waals surface area (Å²) < 4.78 is 3.07. The predicted molar refractivity (Wildman–Crippen MR) is 44.2 cm³/mol. The van der Waals surface area contributed by atoms with Crippen LogP contribution in [-0.2, 0) is 19.6 Å². The van der Waals surface area contributed by atoms with Gasteiger partial charge in [-0.05, 0) is 22.4 Å². The van der Waals surface area contributed by atoms with E-state index in [0.717, 1.165) is 29.1 Å². The molecule has 0 spiro atoms. The lowest BCUT2D eigenvalue weighted by Crippen LogP contribution is -1.92. The summed E-state index contributed by atoms with van der Waals surface area (Å²) in [6.45, 7) is 1.06. The van der Waals surface area contributed by atoms with Crippen molar-refractivity contribution in [3.05, 3.63) is 16.1 Å². The molecule has 11 heavy (non-hydrogen) atoms. The summed E-state index contributed by atoms with van der Waals surface area (Å²) in [5.74, 6) is 1.10. The van der Waals surface area contributed by atoms with Crippen LogP contribution in [0.5, 0.6) is 0 Å². The third-order valence-corrected chi connectivity index (χ3v) is 2.87. The highest BCUT2D eigenvalue weighted by Crippen LogP contribution is 2.24. The number of aliphatic hydroxyl groups excluding tert-OH is 1. The zero-order valence-corrected chi connectivity index (χ0v) is 7.63. The van der Waals surface area contributed by atoms with Crippen LogP contribution in [0.15, 0.2) is 4.60 Å². The lowest BCUT2D eigenvalue weighted by Gasteiger charge is -1.96. The van der Waals surface area contributed by atoms with Gasteiger partial charge in [-0.2, -0.15) is 0 Å². The molecule has 0 fully saturated rings. The van der Waals surface area contributed by atoms with Crippen molar-refractivity contribution >= 4 is 15.9 Å². The highest BCUT2D eigenvalue weighted by molar-refractivity contribution is 9.10. The third kappa shape index (κ3) is 1.01. The number of nitrogens with zero attached hydrogens (tertiary/aromatic N) is 2. The van der Waals surface area contributed by atoms with Crippen molar-refractivity contribution in [1.82, 2.24) is 9.55 Å². The normalized spacial score (nSPS) is 15.5. The van der Waals surface area contributed by atoms with E-state index in [0.29, 0.717) is 0 Å². The highest BCUT2D eigenvalue weighted by Gasteiger charge is 2.18. The van der Waals surface area contributed by atoms with Gasteiger partial charge in [0, 0.05) is 13.0 Å². The van der Waals surface area contributed by atoms with Crippen molar-refractivity contribution in [2.24, 2.45) is 0 Å². The van der Waals surface area contributed by atoms with Gasteiger partial charge in [-0.15, -0.1) is 0 Å². The topological polar surface area (TPSA) is 38.1 Å². The van der Waals surface area contributed by atoms with Crippen molar-refractivity contribution in [3.8, 4) is 0 Å². The Kier molecular flexibility index (Phi) is 1.73. The van der Waals surface area contributed by atoms with Crippen LogP contribution in [0.25, 0.3) is 0 Å². The number of aromatic nitrogens is 2. The Morgan fingerprint density at radius 3 is 3.09 bits per heavy atom. The van der Waals surface area contributed by atoms with E-state index in [4.69, 9.17) is 5.11 Å². The molecule has 1 aromatic rings. The fraction of sp³-hybridized carbons (Fsp3) is 0.571. The molecule has 0 radical (unpaired) electrons. The van der Waals surface area contributed by atoms with Crippen LogP contribution >= 0.6 is 15.9 Å². The smallest absolute Gasteiger partial charge is 0.110 e. The fourth-order valence-electron chi connectivity index (χ4n) is 1.45. The minimum atomic E-state index is 0.0284. The molecular formula is C7H9BrN2O. The number of hydrogen-bond donors (Lipinski definition) is 1. The molecule has 0 bridgehead atoms. The second-order valence-corrected chi connectivity index (χ2v) is 3.43. The summed E-state index contributed by atoms with van der Waals surface area (Å²) in [5, 5.41) is 8.87. The Hall–Kier alpha value is -0.350. The van der Waals surface area contributed by atoms with E-state index in [1.54, 1.807) is 0 Å². The number of fused-ring (bicyclic) bond motifs is 1. The van der Waals surface area contributed by atoms with Gasteiger partial charge in [0.25, 0.3) is 0 Å². The molecule has 1 aliphatic heterocycles. The number of rotatable bonds is 1. The number of hydrogen-bond acceptors (Lipinski definition) is 2. The second kappa shape index (κ2) is 2.60. The van der Waals surface area contributed by atoms with Crippen molar-refractivity contribution in [2.75, 3.05) is 0 Å². The van der Waals surface area contributed by atoms with Crippen molar-refractivity contribution < 1.29 is 5.11 Å². The van der Waals surface area contributed by atoms with Gasteiger partial charge in [-0.1, -0.05) is 0 Å². The van der Waals surface area contributed by atoms with Crippen molar-refractivity contribution in [3.63, 3.8) is 0 Å². The number of aryl methyl sites for hydroxylation is 1. The molecule has 4 heteroatoms. The maximum absolute atomic E-state index is 8.87. The fourth-order valence-corrected chi connectivity index (χ4v) is 2.04. The Labute approximate surface area is 73.2 Å². The first-order valence-corrected chi connectivity index (χ1v) is 4.47. The van der Waals surface area contributed by atoms with Crippen LogP contribution in [0.1, 0.15) is 17.9 Å². The number of halogens is 1. The largest absolute Gasteiger partial charge is 0.390 e. The van der Waals surface area contributed by atoms with E-state index in [9.17, 15) is 0 Å². The summed E-state index contributed by atoms with van der Waals surface area (Å²) >= 11 is 3.40. The molecule has 1 aliphatic rings. The third-order valence-electron chi connectivity index (χ3n) is 1.98. The molecule has 3 nitrogen and oxygen atoms in total. The molecule has 1 aromatic heterocycles. The molecule has 60 valence electrons. The molecule has 0 saturated heterocycles. The molecule has 1 N–H and O–H groups in total. The standard InChI is InChI=1S/C7H9BrN2O/c8-7-5(4-11)9-6-2-1-3-10(6)7/h11H,1-4H2. The quantitative estimate of drug-likeness (QED) is 0.764. The Balaban J connectivity index is 2.49. The molecule has 0 saturated carbocycles. The van der Waals surface area contributed by atoms with Crippen LogP contribution in [-0.4, -0.2) is 14.7 Å². The maximum Gasteiger partial charge on any atom is 0.110 e. The molecule has 0 amide bonds. The average Bonchev–Trinajstić information content (AvgIpc) is 2.53. The van der Waals surface area contributed by atoms with Gasteiger partial charge in [-0.3, -0.25) is 0 Å². The van der Waals surface area contributed by atoms with E-state index in [1.807, 2.05) is 0 Å². The van der Waals surface area contributed by atoms with Crippen molar-refractivity contribution in [1.29, 1.82) is 0 Å². The maximum atomic E-state index is 8.87. The molecule has 2 heterocycles. The molecule has 2 rings (SSSR count). The van der Waals surface area contributed by atoms with Gasteiger partial charge in [0.05, 0.1) is 12.3 Å². The summed E-state index contributed by atoms with van der Waals surface area (Å²) in [7, 11) is 0. The zero-order chi connectivity index (χ0) is 7.84. The minimum Gasteiger partial charge on any atom is -0.390 e. The van der Waals surface area contributed by atoms with E-state index in [-0.39, 0.29) is 6.61 Å². The Bertz CT molecular complexity index is 281. The number of aliphatic hydroxyl groups is 1. The van der Waals surface area contributed by atoms with Gasteiger partial charge in [0.15, 0.2) is 0 Å². The first-order valence-electron chi connectivity index (χ1n) is 3.67. The van der Waals surface area contributed by atoms with Gasteiger partial charge in [0.1, 0.15) is 10.4 Å². The van der Waals surface area contributed by atoms with E-state index in [1.165, 1.54) is 6.42 Å². The SMILES string of the molecule is OCc1nc2n(c1Br)CCC2. The average molecular weight is 217 g/mol. The van der Waals surface area contributed by atoms with E-state index in [2.05, 4.69) is 25.5 Å². The second-order valence-electron chi connectivity index (χ2n) is 2.68. The molecular weight excluding hydrogens is 208 g/mol. The summed E-state index contributed by atoms with van der Waals surface area (Å²) in [4.78, 5) is 4.27. The Morgan fingerprint density at radius 1 is 1.64 bits per heavy atom. The predicted octanol–water partition coefficient (Wildman–Crippen LogP) is 1.08. The first-order chi connectivity index (χ1) is 5.33. The van der Waals surface area contributed by atoms with Crippen LogP contribution in [0.2, 0.25) is 0 Å². The highest BCUT2D eigenvalue weighted by atomic mass is 79.9. The first kappa shape index (κ1) is 7.31. The lowest BCUT2D eigenvalue weighted by atomic mass is 10.3. The Morgan fingerprint density at radius 2 is 2.45 bits per heavy atom. The van der Waals surface area contributed by atoms with Crippen LogP contribution in [0, 0.1) is 0 Å². The lowest BCUT2D eigenvalue weighted by molar-refractivity contribution is 0.276. The summed E-state index contributed by atoms with van der Waals surface area (Å²) in [6.07, 6.45) is 2.21.